The van der Waals surface area contributed by atoms with Gasteiger partial charge in [0.25, 0.3) is 0 Å². The molecule has 2 rings (SSSR count). The molecule has 2 aromatic rings. The molecule has 0 atom stereocenters. The van der Waals surface area contributed by atoms with Crippen LogP contribution in [0.1, 0.15) is 25.1 Å². The SMILES string of the molecule is COc1ccc(-c2nc(N)n(C(=O)CC(C)C)n2)cc1. The molecule has 0 amide bonds. The predicted octanol–water partition coefficient (Wildman–Crippen LogP) is 2.22. The first-order valence-corrected chi connectivity index (χ1v) is 6.41. The molecule has 6 nitrogen and oxygen atoms in total. The lowest BCUT2D eigenvalue weighted by Gasteiger charge is -2.03. The van der Waals surface area contributed by atoms with Gasteiger partial charge in [0.05, 0.1) is 7.11 Å². The lowest BCUT2D eigenvalue weighted by Crippen LogP contribution is -2.17. The van der Waals surface area contributed by atoms with E-state index in [1.54, 1.807) is 7.11 Å². The van der Waals surface area contributed by atoms with E-state index in [9.17, 15) is 4.79 Å². The number of anilines is 1. The molecule has 0 saturated carbocycles. The van der Waals surface area contributed by atoms with Gasteiger partial charge in [-0.25, -0.2) is 0 Å². The molecule has 0 aliphatic heterocycles. The highest BCUT2D eigenvalue weighted by atomic mass is 16.5. The number of nitrogens with zero attached hydrogens (tertiary/aromatic N) is 3. The van der Waals surface area contributed by atoms with Gasteiger partial charge in [0.15, 0.2) is 5.82 Å². The van der Waals surface area contributed by atoms with Crippen molar-refractivity contribution in [3.05, 3.63) is 24.3 Å². The largest absolute Gasteiger partial charge is 0.497 e. The number of hydrogen-bond acceptors (Lipinski definition) is 5. The van der Waals surface area contributed by atoms with Gasteiger partial charge in [-0.05, 0) is 30.2 Å². The van der Waals surface area contributed by atoms with Gasteiger partial charge < -0.3 is 10.5 Å². The summed E-state index contributed by atoms with van der Waals surface area (Å²) in [6, 6.07) is 7.26. The molecule has 0 aliphatic rings. The number of methoxy groups -OCH3 is 1. The summed E-state index contributed by atoms with van der Waals surface area (Å²) in [5.41, 5.74) is 6.54. The maximum absolute atomic E-state index is 12.0. The average molecular weight is 274 g/mol. The molecule has 6 heteroatoms. The number of nitrogen functional groups attached to an aromatic ring is 1. The maximum atomic E-state index is 12.0. The van der Waals surface area contributed by atoms with Gasteiger partial charge >= 0.3 is 0 Å². The molecule has 0 spiro atoms. The highest BCUT2D eigenvalue weighted by Gasteiger charge is 2.16. The number of carbonyl (C=O) groups excluding carboxylic acids is 1. The molecule has 1 aromatic carbocycles. The number of benzene rings is 1. The Bertz CT molecular complexity index is 602. The quantitative estimate of drug-likeness (QED) is 0.924. The molecule has 2 N–H and O–H groups in total. The van der Waals surface area contributed by atoms with Crippen molar-refractivity contribution in [2.75, 3.05) is 12.8 Å². The second-order valence-corrected chi connectivity index (χ2v) is 4.93. The van der Waals surface area contributed by atoms with Gasteiger partial charge in [0.1, 0.15) is 5.75 Å². The lowest BCUT2D eigenvalue weighted by molar-refractivity contribution is 0.0873. The fourth-order valence-electron chi connectivity index (χ4n) is 1.81. The van der Waals surface area contributed by atoms with Crippen LogP contribution in [0.4, 0.5) is 5.95 Å². The standard InChI is InChI=1S/C14H18N4O2/c1-9(2)8-12(19)18-14(15)16-13(17-18)10-4-6-11(20-3)7-5-10/h4-7,9H,8H2,1-3H3,(H2,15,16,17). The van der Waals surface area contributed by atoms with Crippen molar-refractivity contribution >= 4 is 11.9 Å². The Morgan fingerprint density at radius 1 is 1.35 bits per heavy atom. The van der Waals surface area contributed by atoms with E-state index in [1.165, 1.54) is 4.68 Å². The highest BCUT2D eigenvalue weighted by Crippen LogP contribution is 2.20. The Balaban J connectivity index is 2.28. The first kappa shape index (κ1) is 14.0. The minimum absolute atomic E-state index is 0.112. The van der Waals surface area contributed by atoms with Crippen molar-refractivity contribution in [3.8, 4) is 17.1 Å². The minimum Gasteiger partial charge on any atom is -0.497 e. The van der Waals surface area contributed by atoms with Crippen molar-refractivity contribution in [1.82, 2.24) is 14.8 Å². The summed E-state index contributed by atoms with van der Waals surface area (Å²) in [5, 5.41) is 4.18. The third-order valence-corrected chi connectivity index (χ3v) is 2.80. The zero-order chi connectivity index (χ0) is 14.7. The van der Waals surface area contributed by atoms with Crippen molar-refractivity contribution in [2.45, 2.75) is 20.3 Å². The topological polar surface area (TPSA) is 83.0 Å². The zero-order valence-electron chi connectivity index (χ0n) is 11.8. The van der Waals surface area contributed by atoms with Gasteiger partial charge in [0.2, 0.25) is 11.9 Å². The molecule has 20 heavy (non-hydrogen) atoms. The Hall–Kier alpha value is -2.37. The van der Waals surface area contributed by atoms with Gasteiger partial charge in [-0.1, -0.05) is 13.8 Å². The Kier molecular flexibility index (Phi) is 4.02. The summed E-state index contributed by atoms with van der Waals surface area (Å²) >= 11 is 0. The second kappa shape index (κ2) is 5.73. The van der Waals surface area contributed by atoms with Crippen LogP contribution in [0.2, 0.25) is 0 Å². The van der Waals surface area contributed by atoms with Gasteiger partial charge in [-0.2, -0.15) is 9.67 Å². The van der Waals surface area contributed by atoms with Crippen LogP contribution in [0.25, 0.3) is 11.4 Å². The number of rotatable bonds is 4. The fourth-order valence-corrected chi connectivity index (χ4v) is 1.81. The van der Waals surface area contributed by atoms with E-state index in [1.807, 2.05) is 38.1 Å². The van der Waals surface area contributed by atoms with Crippen molar-refractivity contribution in [1.29, 1.82) is 0 Å². The molecule has 0 aliphatic carbocycles. The maximum Gasteiger partial charge on any atom is 0.250 e. The fraction of sp³-hybridized carbons (Fsp3) is 0.357. The molecular formula is C14H18N4O2. The first-order valence-electron chi connectivity index (χ1n) is 6.41. The van der Waals surface area contributed by atoms with E-state index < -0.39 is 0 Å². The second-order valence-electron chi connectivity index (χ2n) is 4.93. The molecule has 0 radical (unpaired) electrons. The monoisotopic (exact) mass is 274 g/mol. The zero-order valence-corrected chi connectivity index (χ0v) is 11.8. The van der Waals surface area contributed by atoms with E-state index in [4.69, 9.17) is 10.5 Å². The van der Waals surface area contributed by atoms with E-state index in [0.717, 1.165) is 11.3 Å². The van der Waals surface area contributed by atoms with E-state index in [0.29, 0.717) is 12.2 Å². The Morgan fingerprint density at radius 3 is 2.55 bits per heavy atom. The highest BCUT2D eigenvalue weighted by molar-refractivity contribution is 5.81. The van der Waals surface area contributed by atoms with Gasteiger partial charge in [0, 0.05) is 12.0 Å². The van der Waals surface area contributed by atoms with Crippen LogP contribution in [0.15, 0.2) is 24.3 Å². The number of carbonyl (C=O) groups is 1. The Labute approximate surface area is 117 Å². The predicted molar refractivity (Wildman–Crippen MR) is 76.5 cm³/mol. The van der Waals surface area contributed by atoms with Crippen LogP contribution in [0.5, 0.6) is 5.75 Å². The molecule has 0 fully saturated rings. The van der Waals surface area contributed by atoms with Crippen molar-refractivity contribution < 1.29 is 9.53 Å². The van der Waals surface area contributed by atoms with Crippen LogP contribution >= 0.6 is 0 Å². The smallest absolute Gasteiger partial charge is 0.250 e. The summed E-state index contributed by atoms with van der Waals surface area (Å²) in [7, 11) is 1.60. The lowest BCUT2D eigenvalue weighted by atomic mass is 10.1. The molecular weight excluding hydrogens is 256 g/mol. The number of nitrogens with two attached hydrogens (primary N) is 1. The van der Waals surface area contributed by atoms with Gasteiger partial charge in [-0.3, -0.25) is 4.79 Å². The summed E-state index contributed by atoms with van der Waals surface area (Å²) < 4.78 is 6.26. The molecule has 0 saturated heterocycles. The van der Waals surface area contributed by atoms with Crippen LogP contribution in [0, 0.1) is 5.92 Å². The normalized spacial score (nSPS) is 10.8. The van der Waals surface area contributed by atoms with Crippen LogP contribution < -0.4 is 10.5 Å². The molecule has 106 valence electrons. The third kappa shape index (κ3) is 2.96. The van der Waals surface area contributed by atoms with Gasteiger partial charge in [-0.15, -0.1) is 5.10 Å². The Morgan fingerprint density at radius 2 is 2.00 bits per heavy atom. The molecule has 0 bridgehead atoms. The van der Waals surface area contributed by atoms with E-state index in [-0.39, 0.29) is 17.8 Å². The molecule has 1 aromatic heterocycles. The number of ether oxygens (including phenoxy) is 1. The molecule has 1 heterocycles. The third-order valence-electron chi connectivity index (χ3n) is 2.80. The minimum atomic E-state index is -0.148. The number of hydrogen-bond donors (Lipinski definition) is 1. The molecule has 0 unspecified atom stereocenters. The van der Waals surface area contributed by atoms with Crippen molar-refractivity contribution in [3.63, 3.8) is 0 Å². The number of aromatic nitrogens is 3. The van der Waals surface area contributed by atoms with Crippen molar-refractivity contribution in [2.24, 2.45) is 5.92 Å². The summed E-state index contributed by atoms with van der Waals surface area (Å²) in [6.07, 6.45) is 0.385. The van der Waals surface area contributed by atoms with E-state index in [2.05, 4.69) is 10.1 Å². The summed E-state index contributed by atoms with van der Waals surface area (Å²) in [4.78, 5) is 16.1. The van der Waals surface area contributed by atoms with E-state index >= 15 is 0 Å². The average Bonchev–Trinajstić information content (AvgIpc) is 2.80. The van der Waals surface area contributed by atoms with Crippen LogP contribution in [0.3, 0.4) is 0 Å². The first-order chi connectivity index (χ1) is 9.51. The van der Waals surface area contributed by atoms with Crippen LogP contribution in [-0.4, -0.2) is 27.8 Å². The van der Waals surface area contributed by atoms with Crippen LogP contribution in [-0.2, 0) is 0 Å². The summed E-state index contributed by atoms with van der Waals surface area (Å²) in [5.74, 6) is 1.39. The summed E-state index contributed by atoms with van der Waals surface area (Å²) in [6.45, 7) is 3.94.